The number of benzene rings is 2. The molecule has 3 rings (SSSR count). The molecule has 0 spiro atoms. The van der Waals surface area contributed by atoms with Gasteiger partial charge in [0.2, 0.25) is 5.91 Å². The van der Waals surface area contributed by atoms with E-state index in [0.717, 1.165) is 11.3 Å². The van der Waals surface area contributed by atoms with Crippen LogP contribution >= 0.6 is 0 Å². The van der Waals surface area contributed by atoms with Crippen molar-refractivity contribution >= 4 is 27.3 Å². The van der Waals surface area contributed by atoms with Gasteiger partial charge in [-0.2, -0.15) is 0 Å². The van der Waals surface area contributed by atoms with Gasteiger partial charge < -0.3 is 9.64 Å². The molecule has 2 aromatic carbocycles. The Morgan fingerprint density at radius 2 is 1.92 bits per heavy atom. The lowest BCUT2D eigenvalue weighted by atomic mass is 10.0. The Labute approximate surface area is 147 Å². The number of nitrogens with zero attached hydrogens (tertiary/aromatic N) is 1. The monoisotopic (exact) mass is 360 g/mol. The van der Waals surface area contributed by atoms with E-state index < -0.39 is 10.0 Å². The van der Waals surface area contributed by atoms with Crippen molar-refractivity contribution in [1.29, 1.82) is 0 Å². The molecule has 0 unspecified atom stereocenters. The van der Waals surface area contributed by atoms with E-state index in [-0.39, 0.29) is 10.8 Å². The molecule has 1 amide bonds. The van der Waals surface area contributed by atoms with E-state index in [4.69, 9.17) is 4.74 Å². The van der Waals surface area contributed by atoms with Crippen LogP contribution in [0.5, 0.6) is 5.75 Å². The Kier molecular flexibility index (Phi) is 4.67. The van der Waals surface area contributed by atoms with E-state index >= 15 is 0 Å². The number of anilines is 2. The number of amides is 1. The molecule has 0 fully saturated rings. The molecule has 7 heteroatoms. The van der Waals surface area contributed by atoms with Gasteiger partial charge in [0.25, 0.3) is 10.0 Å². The van der Waals surface area contributed by atoms with E-state index in [1.807, 2.05) is 0 Å². The molecule has 0 radical (unpaired) electrons. The van der Waals surface area contributed by atoms with Crippen molar-refractivity contribution in [2.75, 3.05) is 23.3 Å². The first-order valence-electron chi connectivity index (χ1n) is 8.06. The van der Waals surface area contributed by atoms with E-state index in [1.165, 1.54) is 6.07 Å². The molecular formula is C18H20N2O4S. The van der Waals surface area contributed by atoms with Gasteiger partial charge in [-0.3, -0.25) is 9.52 Å². The van der Waals surface area contributed by atoms with Crippen LogP contribution in [0.15, 0.2) is 47.4 Å². The predicted molar refractivity (Wildman–Crippen MR) is 96.6 cm³/mol. The molecule has 1 aliphatic rings. The second-order valence-electron chi connectivity index (χ2n) is 5.78. The number of carbonyl (C=O) groups is 1. The molecule has 1 heterocycles. The quantitative estimate of drug-likeness (QED) is 0.890. The highest BCUT2D eigenvalue weighted by atomic mass is 32.2. The number of sulfonamides is 1. The molecular weight excluding hydrogens is 340 g/mol. The van der Waals surface area contributed by atoms with Gasteiger partial charge in [-0.15, -0.1) is 0 Å². The first kappa shape index (κ1) is 17.3. The van der Waals surface area contributed by atoms with Crippen LogP contribution in [0.3, 0.4) is 0 Å². The summed E-state index contributed by atoms with van der Waals surface area (Å²) in [5, 5.41) is 0. The average molecular weight is 360 g/mol. The fourth-order valence-corrected chi connectivity index (χ4v) is 4.07. The largest absolute Gasteiger partial charge is 0.492 e. The third kappa shape index (κ3) is 3.46. The highest BCUT2D eigenvalue weighted by Crippen LogP contribution is 2.31. The number of ether oxygens (including phenoxy) is 1. The van der Waals surface area contributed by atoms with Crippen LogP contribution < -0.4 is 14.4 Å². The molecule has 0 aromatic heterocycles. The van der Waals surface area contributed by atoms with Crippen molar-refractivity contribution in [1.82, 2.24) is 0 Å². The summed E-state index contributed by atoms with van der Waals surface area (Å²) in [5.74, 6) is 0.382. The standard InChI is InChI=1S/C18H20N2O4S/c1-3-24-16-6-4-5-7-17(16)25(22,23)19-14-9-10-15-13(12-14)8-11-18(21)20(15)2/h4-7,9-10,12,19H,3,8,11H2,1-2H3. The van der Waals surface area contributed by atoms with Crippen LogP contribution in [-0.4, -0.2) is 28.0 Å². The minimum Gasteiger partial charge on any atom is -0.492 e. The highest BCUT2D eigenvalue weighted by Gasteiger charge is 2.23. The van der Waals surface area contributed by atoms with Crippen LogP contribution in [0.1, 0.15) is 18.9 Å². The molecule has 6 nitrogen and oxygen atoms in total. The van der Waals surface area contributed by atoms with Crippen molar-refractivity contribution in [3.63, 3.8) is 0 Å². The summed E-state index contributed by atoms with van der Waals surface area (Å²) in [7, 11) is -2.05. The minimum absolute atomic E-state index is 0.0615. The van der Waals surface area contributed by atoms with Crippen LogP contribution in [0.25, 0.3) is 0 Å². The Bertz CT molecular complexity index is 909. The van der Waals surface area contributed by atoms with Crippen molar-refractivity contribution in [2.24, 2.45) is 0 Å². The van der Waals surface area contributed by atoms with Gasteiger partial charge in [-0.1, -0.05) is 12.1 Å². The zero-order valence-corrected chi connectivity index (χ0v) is 15.0. The molecule has 1 aliphatic heterocycles. The first-order chi connectivity index (χ1) is 11.9. The normalized spacial score (nSPS) is 14.2. The Morgan fingerprint density at radius 1 is 1.16 bits per heavy atom. The van der Waals surface area contributed by atoms with Crippen molar-refractivity contribution in [3.05, 3.63) is 48.0 Å². The number of nitrogens with one attached hydrogen (secondary N) is 1. The smallest absolute Gasteiger partial charge is 0.265 e. The summed E-state index contributed by atoms with van der Waals surface area (Å²) >= 11 is 0. The highest BCUT2D eigenvalue weighted by molar-refractivity contribution is 7.92. The molecule has 0 aliphatic carbocycles. The summed E-state index contributed by atoms with van der Waals surface area (Å²) in [6, 6.07) is 11.7. The van der Waals surface area contributed by atoms with Gasteiger partial charge in [-0.05, 0) is 49.2 Å². The SMILES string of the molecule is CCOc1ccccc1S(=O)(=O)Nc1ccc2c(c1)CCC(=O)N2C. The number of hydrogen-bond donors (Lipinski definition) is 1. The summed E-state index contributed by atoms with van der Waals surface area (Å²) in [6.07, 6.45) is 1.02. The maximum absolute atomic E-state index is 12.7. The van der Waals surface area contributed by atoms with Crippen molar-refractivity contribution in [3.8, 4) is 5.75 Å². The van der Waals surface area contributed by atoms with E-state index in [1.54, 1.807) is 55.3 Å². The van der Waals surface area contributed by atoms with Gasteiger partial charge >= 0.3 is 0 Å². The minimum atomic E-state index is -3.77. The molecule has 0 saturated heterocycles. The van der Waals surface area contributed by atoms with Crippen LogP contribution in [0.2, 0.25) is 0 Å². The van der Waals surface area contributed by atoms with Crippen LogP contribution in [-0.2, 0) is 21.2 Å². The molecule has 1 N–H and O–H groups in total. The fraction of sp³-hybridized carbons (Fsp3) is 0.278. The third-order valence-electron chi connectivity index (χ3n) is 4.11. The number of fused-ring (bicyclic) bond motifs is 1. The van der Waals surface area contributed by atoms with E-state index in [0.29, 0.717) is 30.9 Å². The Hall–Kier alpha value is -2.54. The molecule has 0 saturated carbocycles. The molecule has 0 atom stereocenters. The molecule has 0 bridgehead atoms. The summed E-state index contributed by atoms with van der Waals surface area (Å²) in [6.45, 7) is 2.18. The van der Waals surface area contributed by atoms with Crippen molar-refractivity contribution < 1.29 is 17.9 Å². The van der Waals surface area contributed by atoms with Gasteiger partial charge in [0, 0.05) is 24.8 Å². The number of carbonyl (C=O) groups excluding carboxylic acids is 1. The fourth-order valence-electron chi connectivity index (χ4n) is 2.88. The number of para-hydroxylation sites is 1. The number of hydrogen-bond acceptors (Lipinski definition) is 4. The van der Waals surface area contributed by atoms with E-state index in [2.05, 4.69) is 4.72 Å². The number of rotatable bonds is 5. The summed E-state index contributed by atoms with van der Waals surface area (Å²) in [5.41, 5.74) is 2.22. The lowest BCUT2D eigenvalue weighted by molar-refractivity contribution is -0.118. The Morgan fingerprint density at radius 3 is 2.68 bits per heavy atom. The maximum Gasteiger partial charge on any atom is 0.265 e. The van der Waals surface area contributed by atoms with Crippen LogP contribution in [0, 0.1) is 0 Å². The maximum atomic E-state index is 12.7. The second-order valence-corrected chi connectivity index (χ2v) is 7.43. The third-order valence-corrected chi connectivity index (χ3v) is 5.53. The molecule has 2 aromatic rings. The lowest BCUT2D eigenvalue weighted by Crippen LogP contribution is -2.31. The van der Waals surface area contributed by atoms with Crippen molar-refractivity contribution in [2.45, 2.75) is 24.7 Å². The summed E-state index contributed by atoms with van der Waals surface area (Å²) < 4.78 is 33.5. The Balaban J connectivity index is 1.91. The van der Waals surface area contributed by atoms with Crippen LogP contribution in [0.4, 0.5) is 11.4 Å². The molecule has 132 valence electrons. The molecule has 25 heavy (non-hydrogen) atoms. The second kappa shape index (κ2) is 6.76. The van der Waals surface area contributed by atoms with Gasteiger partial charge in [0.15, 0.2) is 0 Å². The predicted octanol–water partition coefficient (Wildman–Crippen LogP) is 2.80. The van der Waals surface area contributed by atoms with Gasteiger partial charge in [0.1, 0.15) is 10.6 Å². The average Bonchev–Trinajstić information content (AvgIpc) is 2.59. The first-order valence-corrected chi connectivity index (χ1v) is 9.55. The lowest BCUT2D eigenvalue weighted by Gasteiger charge is -2.26. The zero-order chi connectivity index (χ0) is 18.0. The van der Waals surface area contributed by atoms with E-state index in [9.17, 15) is 13.2 Å². The number of aryl methyl sites for hydroxylation is 1. The topological polar surface area (TPSA) is 75.7 Å². The zero-order valence-electron chi connectivity index (χ0n) is 14.2. The van der Waals surface area contributed by atoms with Gasteiger partial charge in [0.05, 0.1) is 6.61 Å². The summed E-state index contributed by atoms with van der Waals surface area (Å²) in [4.78, 5) is 13.5. The van der Waals surface area contributed by atoms with Gasteiger partial charge in [-0.25, -0.2) is 8.42 Å².